The molecule has 0 spiro atoms. The summed E-state index contributed by atoms with van der Waals surface area (Å²) in [6.45, 7) is 1.68. The van der Waals surface area contributed by atoms with Crippen molar-refractivity contribution in [3.63, 3.8) is 0 Å². The maximum absolute atomic E-state index is 12.7. The largest absolute Gasteiger partial charge is 0.408 e. The molecule has 0 amide bonds. The Hall–Kier alpha value is -2.25. The third kappa shape index (κ3) is 5.64. The Morgan fingerprint density at radius 2 is 1.35 bits per heavy atom. The Bertz CT molecular complexity index is 646. The lowest BCUT2D eigenvalue weighted by Gasteiger charge is -2.20. The first kappa shape index (κ1) is 20.1. The molecule has 0 aliphatic heterocycles. The van der Waals surface area contributed by atoms with Gasteiger partial charge >= 0.3 is 12.4 Å². The summed E-state index contributed by atoms with van der Waals surface area (Å²) in [6.07, 6.45) is -6.33. The lowest BCUT2D eigenvalue weighted by atomic mass is 9.86. The van der Waals surface area contributed by atoms with Gasteiger partial charge in [0.15, 0.2) is 0 Å². The van der Waals surface area contributed by atoms with Gasteiger partial charge in [0, 0.05) is 5.92 Å². The molecule has 1 aromatic rings. The molecule has 144 valence electrons. The molecule has 0 saturated heterocycles. The van der Waals surface area contributed by atoms with Crippen molar-refractivity contribution in [3.05, 3.63) is 5.82 Å². The maximum Gasteiger partial charge on any atom is 0.408 e. The highest BCUT2D eigenvalue weighted by Crippen LogP contribution is 2.26. The molecule has 1 saturated carbocycles. The predicted octanol–water partition coefficient (Wildman–Crippen LogP) is 3.75. The average molecular weight is 381 g/mol. The minimum absolute atomic E-state index is 0.141. The van der Waals surface area contributed by atoms with Crippen LogP contribution in [0.25, 0.3) is 0 Å². The van der Waals surface area contributed by atoms with Crippen LogP contribution in [0.4, 0.5) is 38.2 Å². The van der Waals surface area contributed by atoms with Gasteiger partial charge in [-0.1, -0.05) is 12.3 Å². The van der Waals surface area contributed by atoms with E-state index in [0.717, 1.165) is 33.1 Å². The molecule has 26 heavy (non-hydrogen) atoms. The number of rotatable bonds is 4. The van der Waals surface area contributed by atoms with Crippen molar-refractivity contribution in [2.75, 3.05) is 10.6 Å². The van der Waals surface area contributed by atoms with Crippen LogP contribution in [-0.4, -0.2) is 39.4 Å². The summed E-state index contributed by atoms with van der Waals surface area (Å²) in [7, 11) is 0. The molecule has 2 atom stereocenters. The van der Waals surface area contributed by atoms with Crippen molar-refractivity contribution >= 4 is 11.9 Å². The van der Waals surface area contributed by atoms with Gasteiger partial charge in [0.25, 0.3) is 0 Å². The first-order chi connectivity index (χ1) is 11.9. The Kier molecular flexibility index (Phi) is 5.83. The maximum atomic E-state index is 12.7. The van der Waals surface area contributed by atoms with Crippen LogP contribution in [0.5, 0.6) is 0 Å². The van der Waals surface area contributed by atoms with Gasteiger partial charge in [-0.2, -0.15) is 41.3 Å². The van der Waals surface area contributed by atoms with Crippen LogP contribution in [-0.2, 0) is 0 Å². The minimum atomic E-state index is -4.57. The third-order valence-electron chi connectivity index (χ3n) is 3.80. The summed E-state index contributed by atoms with van der Waals surface area (Å²) >= 11 is 0. The Labute approximate surface area is 146 Å². The second kappa shape index (κ2) is 7.55. The quantitative estimate of drug-likeness (QED) is 0.615. The number of hydrogen-bond acceptors (Lipinski definition) is 5. The SMILES string of the molecule is C[C@@H](Nc1nc(C#CC2CCC2)nc(N[C@H](C)C(F)(F)F)n1)C(F)(F)F. The highest BCUT2D eigenvalue weighted by molar-refractivity contribution is 5.40. The van der Waals surface area contributed by atoms with Crippen molar-refractivity contribution < 1.29 is 26.3 Å². The number of alkyl halides is 6. The van der Waals surface area contributed by atoms with Crippen LogP contribution < -0.4 is 10.6 Å². The summed E-state index contributed by atoms with van der Waals surface area (Å²) in [4.78, 5) is 11.1. The monoisotopic (exact) mass is 381 g/mol. The highest BCUT2D eigenvalue weighted by Gasteiger charge is 2.38. The van der Waals surface area contributed by atoms with E-state index < -0.39 is 36.3 Å². The predicted molar refractivity (Wildman–Crippen MR) is 82.3 cm³/mol. The second-order valence-corrected chi connectivity index (χ2v) is 6.02. The van der Waals surface area contributed by atoms with Crippen LogP contribution >= 0.6 is 0 Å². The van der Waals surface area contributed by atoms with E-state index in [4.69, 9.17) is 0 Å². The van der Waals surface area contributed by atoms with Crippen molar-refractivity contribution in [3.8, 4) is 11.8 Å². The molecule has 0 aromatic carbocycles. The van der Waals surface area contributed by atoms with E-state index in [1.54, 1.807) is 0 Å². The Morgan fingerprint density at radius 3 is 1.69 bits per heavy atom. The lowest BCUT2D eigenvalue weighted by molar-refractivity contribution is -0.139. The highest BCUT2D eigenvalue weighted by atomic mass is 19.4. The Morgan fingerprint density at radius 1 is 0.885 bits per heavy atom. The number of anilines is 2. The zero-order chi connectivity index (χ0) is 19.5. The van der Waals surface area contributed by atoms with Gasteiger partial charge in [-0.25, -0.2) is 0 Å². The first-order valence-corrected chi connectivity index (χ1v) is 7.89. The molecule has 1 aromatic heterocycles. The molecule has 0 unspecified atom stereocenters. The molecule has 1 aliphatic carbocycles. The Balaban J connectivity index is 2.27. The van der Waals surface area contributed by atoms with Gasteiger partial charge in [-0.05, 0) is 32.6 Å². The van der Waals surface area contributed by atoms with E-state index in [2.05, 4.69) is 26.8 Å². The summed E-state index contributed by atoms with van der Waals surface area (Å²) in [5, 5.41) is 4.03. The molecule has 2 rings (SSSR count). The lowest BCUT2D eigenvalue weighted by Crippen LogP contribution is -2.35. The third-order valence-corrected chi connectivity index (χ3v) is 3.80. The van der Waals surface area contributed by atoms with E-state index >= 15 is 0 Å². The van der Waals surface area contributed by atoms with Gasteiger partial charge in [-0.3, -0.25) is 0 Å². The standard InChI is InChI=1S/C15H17F6N5/c1-8(14(16,17)18)22-12-24-11(7-6-10-4-3-5-10)25-13(26-12)23-9(2)15(19,20)21/h8-10H,3-5H2,1-2H3,(H2,22,23,24,25,26)/t8-,9-/m1/s1. The fraction of sp³-hybridized carbons (Fsp3) is 0.667. The molecule has 1 heterocycles. The van der Waals surface area contributed by atoms with Crippen LogP contribution in [0, 0.1) is 17.8 Å². The average Bonchev–Trinajstić information content (AvgIpc) is 2.43. The van der Waals surface area contributed by atoms with Gasteiger partial charge in [0.1, 0.15) is 12.1 Å². The van der Waals surface area contributed by atoms with Crippen LogP contribution in [0.15, 0.2) is 0 Å². The number of nitrogens with one attached hydrogen (secondary N) is 2. The summed E-state index contributed by atoms with van der Waals surface area (Å²) < 4.78 is 76.1. The number of nitrogens with zero attached hydrogens (tertiary/aromatic N) is 3. The topological polar surface area (TPSA) is 62.7 Å². The molecule has 2 N–H and O–H groups in total. The second-order valence-electron chi connectivity index (χ2n) is 6.02. The van der Waals surface area contributed by atoms with Crippen molar-refractivity contribution in [1.29, 1.82) is 0 Å². The van der Waals surface area contributed by atoms with Gasteiger partial charge in [-0.15, -0.1) is 0 Å². The smallest absolute Gasteiger partial charge is 0.343 e. The molecular weight excluding hydrogens is 364 g/mol. The van der Waals surface area contributed by atoms with E-state index in [-0.39, 0.29) is 11.7 Å². The molecule has 5 nitrogen and oxygen atoms in total. The fourth-order valence-corrected chi connectivity index (χ4v) is 1.83. The fourth-order valence-electron chi connectivity index (χ4n) is 1.83. The molecule has 0 radical (unpaired) electrons. The van der Waals surface area contributed by atoms with E-state index in [1.165, 1.54) is 0 Å². The molecular formula is C15H17F6N5. The summed E-state index contributed by atoms with van der Waals surface area (Å²) in [6, 6.07) is -3.99. The zero-order valence-corrected chi connectivity index (χ0v) is 14.0. The molecule has 11 heteroatoms. The van der Waals surface area contributed by atoms with E-state index in [1.807, 2.05) is 10.6 Å². The number of aromatic nitrogens is 3. The molecule has 0 bridgehead atoms. The summed E-state index contributed by atoms with van der Waals surface area (Å²) in [5.74, 6) is 4.40. The van der Waals surface area contributed by atoms with E-state index in [0.29, 0.717) is 0 Å². The summed E-state index contributed by atoms with van der Waals surface area (Å²) in [5.41, 5.74) is 0. The number of hydrogen-bond donors (Lipinski definition) is 2. The van der Waals surface area contributed by atoms with E-state index in [9.17, 15) is 26.3 Å². The van der Waals surface area contributed by atoms with Gasteiger partial charge < -0.3 is 10.6 Å². The van der Waals surface area contributed by atoms with Gasteiger partial charge in [0.05, 0.1) is 0 Å². The van der Waals surface area contributed by atoms with Crippen LogP contribution in [0.3, 0.4) is 0 Å². The zero-order valence-electron chi connectivity index (χ0n) is 14.0. The minimum Gasteiger partial charge on any atom is -0.343 e. The normalized spacial score (nSPS) is 17.5. The van der Waals surface area contributed by atoms with Crippen molar-refractivity contribution in [2.24, 2.45) is 5.92 Å². The first-order valence-electron chi connectivity index (χ1n) is 7.89. The van der Waals surface area contributed by atoms with Crippen molar-refractivity contribution in [2.45, 2.75) is 57.5 Å². The molecule has 1 aliphatic rings. The van der Waals surface area contributed by atoms with Gasteiger partial charge in [0.2, 0.25) is 17.7 Å². The van der Waals surface area contributed by atoms with Crippen molar-refractivity contribution in [1.82, 2.24) is 15.0 Å². The molecule has 1 fully saturated rings. The van der Waals surface area contributed by atoms with Crippen LogP contribution in [0.2, 0.25) is 0 Å². The number of halogens is 6. The van der Waals surface area contributed by atoms with Crippen LogP contribution in [0.1, 0.15) is 38.9 Å².